The molecule has 0 bridgehead atoms. The van der Waals surface area contributed by atoms with E-state index in [2.05, 4.69) is 46.8 Å². The molecule has 0 aromatic heterocycles. The minimum Gasteiger partial charge on any atom is -0.393 e. The fourth-order valence-corrected chi connectivity index (χ4v) is 8.18. The molecule has 4 aliphatic carbocycles. The summed E-state index contributed by atoms with van der Waals surface area (Å²) in [5.41, 5.74) is 4.21. The van der Waals surface area contributed by atoms with Crippen LogP contribution in [0.2, 0.25) is 0 Å². The minimum atomic E-state index is -0.0841. The normalized spacial score (nSPS) is 46.0. The first kappa shape index (κ1) is 20.7. The van der Waals surface area contributed by atoms with Gasteiger partial charge in [0.2, 0.25) is 0 Å². The van der Waals surface area contributed by atoms with Crippen molar-refractivity contribution in [3.63, 3.8) is 0 Å². The van der Waals surface area contributed by atoms with Crippen molar-refractivity contribution in [3.8, 4) is 0 Å². The molecular formula is C27H44O. The van der Waals surface area contributed by atoms with Crippen molar-refractivity contribution >= 4 is 0 Å². The van der Waals surface area contributed by atoms with E-state index in [1.54, 1.807) is 11.1 Å². The molecule has 158 valence electrons. The molecule has 28 heavy (non-hydrogen) atoms. The first-order valence-corrected chi connectivity index (χ1v) is 12.3. The van der Waals surface area contributed by atoms with Gasteiger partial charge in [-0.15, -0.1) is 0 Å². The lowest BCUT2D eigenvalue weighted by Gasteiger charge is -2.58. The van der Waals surface area contributed by atoms with E-state index in [1.165, 1.54) is 51.4 Å². The van der Waals surface area contributed by atoms with Gasteiger partial charge in [-0.25, -0.2) is 0 Å². The van der Waals surface area contributed by atoms with Crippen LogP contribution in [0, 0.1) is 40.4 Å². The Kier molecular flexibility index (Phi) is 5.62. The van der Waals surface area contributed by atoms with Crippen molar-refractivity contribution < 1.29 is 5.11 Å². The zero-order chi connectivity index (χ0) is 20.1. The van der Waals surface area contributed by atoms with Crippen LogP contribution in [0.1, 0.15) is 98.8 Å². The molecule has 4 rings (SSSR count). The summed E-state index contributed by atoms with van der Waals surface area (Å²) in [5, 5.41) is 10.2. The van der Waals surface area contributed by atoms with Crippen molar-refractivity contribution in [1.82, 2.24) is 0 Å². The van der Waals surface area contributed by atoms with Gasteiger partial charge in [0.25, 0.3) is 0 Å². The molecule has 3 saturated carbocycles. The van der Waals surface area contributed by atoms with Crippen molar-refractivity contribution in [3.05, 3.63) is 23.3 Å². The molecule has 7 atom stereocenters. The van der Waals surface area contributed by atoms with Crippen molar-refractivity contribution in [1.29, 1.82) is 0 Å². The average molecular weight is 385 g/mol. The summed E-state index contributed by atoms with van der Waals surface area (Å²) >= 11 is 0. The van der Waals surface area contributed by atoms with E-state index in [0.29, 0.717) is 10.8 Å². The summed E-state index contributed by atoms with van der Waals surface area (Å²) in [6, 6.07) is 0. The summed E-state index contributed by atoms with van der Waals surface area (Å²) in [6.45, 7) is 12.3. The Hall–Kier alpha value is -0.560. The van der Waals surface area contributed by atoms with Crippen molar-refractivity contribution in [2.45, 2.75) is 105 Å². The van der Waals surface area contributed by atoms with Gasteiger partial charge in [0, 0.05) is 0 Å². The van der Waals surface area contributed by atoms with Crippen molar-refractivity contribution in [2.75, 3.05) is 0 Å². The van der Waals surface area contributed by atoms with Crippen LogP contribution >= 0.6 is 0 Å². The van der Waals surface area contributed by atoms with Crippen LogP contribution in [0.4, 0.5) is 0 Å². The Labute approximate surface area is 174 Å². The maximum absolute atomic E-state index is 10.2. The molecule has 0 heterocycles. The van der Waals surface area contributed by atoms with Gasteiger partial charge >= 0.3 is 0 Å². The van der Waals surface area contributed by atoms with Gasteiger partial charge in [0.1, 0.15) is 0 Å². The highest BCUT2D eigenvalue weighted by atomic mass is 16.3. The molecular weight excluding hydrogens is 340 g/mol. The lowest BCUT2D eigenvalue weighted by molar-refractivity contribution is -0.0454. The van der Waals surface area contributed by atoms with Gasteiger partial charge < -0.3 is 5.11 Å². The lowest BCUT2D eigenvalue weighted by atomic mass is 9.47. The van der Waals surface area contributed by atoms with Crippen molar-refractivity contribution in [2.24, 2.45) is 40.4 Å². The summed E-state index contributed by atoms with van der Waals surface area (Å²) in [6.07, 6.45) is 17.8. The average Bonchev–Trinajstić information content (AvgIpc) is 2.99. The Morgan fingerprint density at radius 1 is 1.14 bits per heavy atom. The highest BCUT2D eigenvalue weighted by Gasteiger charge is 2.58. The summed E-state index contributed by atoms with van der Waals surface area (Å²) in [5.74, 6) is 4.28. The maximum atomic E-state index is 10.2. The number of hydrogen-bond donors (Lipinski definition) is 1. The molecule has 0 aliphatic heterocycles. The largest absolute Gasteiger partial charge is 0.393 e. The standard InChI is InChI=1S/C27H44O/c1-18(2)7-6-8-19(3)23-11-12-24-22-10-9-20-17-21(28)13-15-26(20,4)25(22)14-16-27(23,24)5/h8-9,18,21-25,28H,6-7,10-17H2,1-5H3/b19-8+/t21-,22?,23+,24?,25?,26-,27+/m0/s1. The molecule has 3 fully saturated rings. The zero-order valence-corrected chi connectivity index (χ0v) is 19.1. The summed E-state index contributed by atoms with van der Waals surface area (Å²) < 4.78 is 0. The number of hydrogen-bond acceptors (Lipinski definition) is 1. The van der Waals surface area contributed by atoms with Gasteiger partial charge in [-0.2, -0.15) is 0 Å². The van der Waals surface area contributed by atoms with E-state index >= 15 is 0 Å². The number of rotatable bonds is 4. The molecule has 4 aliphatic rings. The fourth-order valence-electron chi connectivity index (χ4n) is 8.18. The van der Waals surface area contributed by atoms with Gasteiger partial charge in [0.05, 0.1) is 6.10 Å². The SMILES string of the molecule is C/C(=C\CCC(C)C)[C@H]1CCC2C3CC=C4C[C@@H](O)CC[C@]4(C)C3CC[C@@]21C. The third-order valence-electron chi connectivity index (χ3n) is 9.84. The van der Waals surface area contributed by atoms with Crippen LogP contribution in [-0.2, 0) is 0 Å². The number of allylic oxidation sites excluding steroid dienone is 3. The Morgan fingerprint density at radius 3 is 2.68 bits per heavy atom. The molecule has 0 amide bonds. The zero-order valence-electron chi connectivity index (χ0n) is 19.1. The molecule has 1 N–H and O–H groups in total. The number of aliphatic hydroxyl groups excluding tert-OH is 1. The minimum absolute atomic E-state index is 0.0841. The highest BCUT2D eigenvalue weighted by molar-refractivity contribution is 5.26. The van der Waals surface area contributed by atoms with Crippen LogP contribution in [-0.4, -0.2) is 11.2 Å². The molecule has 0 aromatic carbocycles. The van der Waals surface area contributed by atoms with Crippen LogP contribution in [0.5, 0.6) is 0 Å². The van der Waals surface area contributed by atoms with Gasteiger partial charge in [0.15, 0.2) is 0 Å². The fraction of sp³-hybridized carbons (Fsp3) is 0.852. The van der Waals surface area contributed by atoms with E-state index < -0.39 is 0 Å². The molecule has 3 unspecified atom stereocenters. The van der Waals surface area contributed by atoms with Crippen LogP contribution in [0.25, 0.3) is 0 Å². The first-order chi connectivity index (χ1) is 13.3. The molecule has 0 radical (unpaired) electrons. The predicted octanol–water partition coefficient (Wildman–Crippen LogP) is 7.31. The third kappa shape index (κ3) is 3.34. The second-order valence-electron chi connectivity index (χ2n) is 11.7. The topological polar surface area (TPSA) is 20.2 Å². The van der Waals surface area contributed by atoms with Crippen LogP contribution in [0.15, 0.2) is 23.3 Å². The second-order valence-corrected chi connectivity index (χ2v) is 11.7. The van der Waals surface area contributed by atoms with E-state index in [1.807, 2.05) is 0 Å². The molecule has 0 spiro atoms. The summed E-state index contributed by atoms with van der Waals surface area (Å²) in [4.78, 5) is 0. The van der Waals surface area contributed by atoms with Gasteiger partial charge in [-0.05, 0) is 112 Å². The lowest BCUT2D eigenvalue weighted by Crippen LogP contribution is -2.50. The number of aliphatic hydroxyl groups is 1. The first-order valence-electron chi connectivity index (χ1n) is 12.3. The highest BCUT2D eigenvalue weighted by Crippen LogP contribution is 2.67. The molecule has 0 aromatic rings. The van der Waals surface area contributed by atoms with E-state index in [0.717, 1.165) is 42.4 Å². The summed E-state index contributed by atoms with van der Waals surface area (Å²) in [7, 11) is 0. The quantitative estimate of drug-likeness (QED) is 0.504. The van der Waals surface area contributed by atoms with Gasteiger partial charge in [-0.3, -0.25) is 0 Å². The Morgan fingerprint density at radius 2 is 1.93 bits per heavy atom. The Bertz CT molecular complexity index is 643. The monoisotopic (exact) mass is 384 g/mol. The van der Waals surface area contributed by atoms with E-state index in [-0.39, 0.29) is 6.10 Å². The molecule has 0 saturated heterocycles. The van der Waals surface area contributed by atoms with Crippen LogP contribution < -0.4 is 0 Å². The van der Waals surface area contributed by atoms with E-state index in [4.69, 9.17) is 0 Å². The second kappa shape index (κ2) is 7.60. The third-order valence-corrected chi connectivity index (χ3v) is 9.84. The number of fused-ring (bicyclic) bond motifs is 5. The van der Waals surface area contributed by atoms with Crippen LogP contribution in [0.3, 0.4) is 0 Å². The maximum Gasteiger partial charge on any atom is 0.0577 e. The van der Waals surface area contributed by atoms with E-state index in [9.17, 15) is 5.11 Å². The Balaban J connectivity index is 1.54. The predicted molar refractivity (Wildman–Crippen MR) is 119 cm³/mol. The van der Waals surface area contributed by atoms with Gasteiger partial charge in [-0.1, -0.05) is 51.0 Å². The smallest absolute Gasteiger partial charge is 0.0577 e. The molecule has 1 nitrogen and oxygen atoms in total. The molecule has 1 heteroatoms.